The maximum Gasteiger partial charge on any atom is 0.317 e. The van der Waals surface area contributed by atoms with Crippen LogP contribution < -0.4 is 5.32 Å². The molecule has 1 aliphatic heterocycles. The van der Waals surface area contributed by atoms with E-state index in [-0.39, 0.29) is 6.03 Å². The lowest BCUT2D eigenvalue weighted by atomic mass is 10.2. The predicted octanol–water partition coefficient (Wildman–Crippen LogP) is 1.52. The molecule has 1 unspecified atom stereocenters. The van der Waals surface area contributed by atoms with Crippen molar-refractivity contribution in [1.82, 2.24) is 15.1 Å². The zero-order chi connectivity index (χ0) is 12.0. The van der Waals surface area contributed by atoms with Crippen molar-refractivity contribution in [3.8, 4) is 0 Å². The second kappa shape index (κ2) is 6.74. The Bertz CT molecular complexity index is 220. The highest BCUT2D eigenvalue weighted by atomic mass is 16.2. The molecular weight excluding hydrogens is 202 g/mol. The number of nitrogens with zero attached hydrogens (tertiary/aromatic N) is 2. The van der Waals surface area contributed by atoms with Gasteiger partial charge in [0.25, 0.3) is 0 Å². The van der Waals surface area contributed by atoms with E-state index in [0.29, 0.717) is 6.04 Å². The molecule has 1 aliphatic rings. The van der Waals surface area contributed by atoms with E-state index in [0.717, 1.165) is 26.1 Å². The van der Waals surface area contributed by atoms with E-state index in [1.54, 1.807) is 0 Å². The number of hydrogen-bond acceptors (Lipinski definition) is 2. The molecule has 2 amide bonds. The molecule has 16 heavy (non-hydrogen) atoms. The van der Waals surface area contributed by atoms with Crippen LogP contribution in [-0.4, -0.2) is 55.1 Å². The van der Waals surface area contributed by atoms with Gasteiger partial charge in [-0.2, -0.15) is 0 Å². The van der Waals surface area contributed by atoms with Crippen molar-refractivity contribution in [3.63, 3.8) is 0 Å². The number of nitrogens with one attached hydrogen (secondary N) is 1. The Kier molecular flexibility index (Phi) is 5.60. The van der Waals surface area contributed by atoms with Crippen molar-refractivity contribution in [2.24, 2.45) is 0 Å². The summed E-state index contributed by atoms with van der Waals surface area (Å²) in [6, 6.07) is 0.618. The summed E-state index contributed by atoms with van der Waals surface area (Å²) < 4.78 is 0. The Morgan fingerprint density at radius 3 is 2.88 bits per heavy atom. The Labute approximate surface area is 99.0 Å². The van der Waals surface area contributed by atoms with Gasteiger partial charge >= 0.3 is 6.03 Å². The number of rotatable bonds is 5. The summed E-state index contributed by atoms with van der Waals surface area (Å²) in [6.07, 6.45) is 3.48. The third kappa shape index (κ3) is 3.67. The summed E-state index contributed by atoms with van der Waals surface area (Å²) in [4.78, 5) is 16.0. The van der Waals surface area contributed by atoms with Gasteiger partial charge in [-0.05, 0) is 32.4 Å². The summed E-state index contributed by atoms with van der Waals surface area (Å²) in [5, 5.41) is 2.91. The first kappa shape index (κ1) is 13.3. The SMILES string of the molecule is CCCNC(=O)N(C)CC1CCCN1CC. The highest BCUT2D eigenvalue weighted by Gasteiger charge is 2.25. The number of likely N-dealkylation sites (N-methyl/N-ethyl adjacent to an activating group) is 2. The van der Waals surface area contributed by atoms with Gasteiger partial charge in [0, 0.05) is 26.2 Å². The van der Waals surface area contributed by atoms with Crippen molar-refractivity contribution in [1.29, 1.82) is 0 Å². The average molecular weight is 227 g/mol. The number of urea groups is 1. The Balaban J connectivity index is 2.32. The molecule has 1 rings (SSSR count). The molecule has 0 aliphatic carbocycles. The summed E-state index contributed by atoms with van der Waals surface area (Å²) in [7, 11) is 1.89. The van der Waals surface area contributed by atoms with Crippen LogP contribution in [0.25, 0.3) is 0 Å². The highest BCUT2D eigenvalue weighted by Crippen LogP contribution is 2.17. The van der Waals surface area contributed by atoms with Gasteiger partial charge in [0.1, 0.15) is 0 Å². The Morgan fingerprint density at radius 1 is 1.50 bits per heavy atom. The molecule has 0 radical (unpaired) electrons. The molecule has 1 N–H and O–H groups in total. The minimum atomic E-state index is 0.0600. The van der Waals surface area contributed by atoms with Crippen LogP contribution >= 0.6 is 0 Å². The number of carbonyl (C=O) groups excluding carboxylic acids is 1. The van der Waals surface area contributed by atoms with Crippen molar-refractivity contribution in [2.45, 2.75) is 39.2 Å². The van der Waals surface area contributed by atoms with Gasteiger partial charge in [0.2, 0.25) is 0 Å². The number of likely N-dealkylation sites (tertiary alicyclic amines) is 1. The van der Waals surface area contributed by atoms with E-state index in [1.807, 2.05) is 11.9 Å². The van der Waals surface area contributed by atoms with Gasteiger partial charge in [0.05, 0.1) is 0 Å². The number of carbonyl (C=O) groups is 1. The number of hydrogen-bond donors (Lipinski definition) is 1. The van der Waals surface area contributed by atoms with Crippen LogP contribution in [0.5, 0.6) is 0 Å². The molecule has 0 bridgehead atoms. The van der Waals surface area contributed by atoms with Gasteiger partial charge < -0.3 is 10.2 Å². The van der Waals surface area contributed by atoms with E-state index in [9.17, 15) is 4.79 Å². The number of amides is 2. The molecule has 0 aromatic rings. The standard InChI is InChI=1S/C12H25N3O/c1-4-8-13-12(16)14(3)10-11-7-6-9-15(11)5-2/h11H,4-10H2,1-3H3,(H,13,16). The lowest BCUT2D eigenvalue weighted by molar-refractivity contribution is 0.181. The second-order valence-electron chi connectivity index (χ2n) is 4.54. The van der Waals surface area contributed by atoms with Crippen molar-refractivity contribution >= 4 is 6.03 Å². The van der Waals surface area contributed by atoms with Crippen molar-refractivity contribution in [3.05, 3.63) is 0 Å². The first-order valence-electron chi connectivity index (χ1n) is 6.42. The van der Waals surface area contributed by atoms with Gasteiger partial charge in [0.15, 0.2) is 0 Å². The topological polar surface area (TPSA) is 35.6 Å². The first-order valence-corrected chi connectivity index (χ1v) is 6.42. The van der Waals surface area contributed by atoms with Gasteiger partial charge in [-0.15, -0.1) is 0 Å². The molecule has 4 nitrogen and oxygen atoms in total. The Morgan fingerprint density at radius 2 is 2.25 bits per heavy atom. The average Bonchev–Trinajstić information content (AvgIpc) is 2.72. The molecule has 0 aromatic heterocycles. The fourth-order valence-electron chi connectivity index (χ4n) is 2.28. The fraction of sp³-hybridized carbons (Fsp3) is 0.917. The smallest absolute Gasteiger partial charge is 0.317 e. The van der Waals surface area contributed by atoms with Crippen molar-refractivity contribution < 1.29 is 4.79 Å². The zero-order valence-electron chi connectivity index (χ0n) is 10.8. The van der Waals surface area contributed by atoms with E-state index in [1.165, 1.54) is 19.4 Å². The van der Waals surface area contributed by atoms with Crippen LogP contribution in [0.4, 0.5) is 4.79 Å². The fourth-order valence-corrected chi connectivity index (χ4v) is 2.28. The van der Waals surface area contributed by atoms with Crippen LogP contribution in [0.1, 0.15) is 33.1 Å². The summed E-state index contributed by atoms with van der Waals surface area (Å²) in [5.41, 5.74) is 0. The molecule has 0 saturated carbocycles. The molecule has 1 saturated heterocycles. The molecule has 0 spiro atoms. The van der Waals surface area contributed by atoms with Crippen LogP contribution in [-0.2, 0) is 0 Å². The van der Waals surface area contributed by atoms with Gasteiger partial charge in [-0.3, -0.25) is 4.90 Å². The first-order chi connectivity index (χ1) is 7.69. The molecule has 94 valence electrons. The highest BCUT2D eigenvalue weighted by molar-refractivity contribution is 5.73. The maximum atomic E-state index is 11.7. The zero-order valence-corrected chi connectivity index (χ0v) is 10.8. The van der Waals surface area contributed by atoms with E-state index in [2.05, 4.69) is 24.1 Å². The summed E-state index contributed by atoms with van der Waals surface area (Å²) >= 11 is 0. The van der Waals surface area contributed by atoms with Crippen LogP contribution in [0.3, 0.4) is 0 Å². The van der Waals surface area contributed by atoms with Gasteiger partial charge in [-0.25, -0.2) is 4.79 Å². The summed E-state index contributed by atoms with van der Waals surface area (Å²) in [5.74, 6) is 0. The van der Waals surface area contributed by atoms with Gasteiger partial charge in [-0.1, -0.05) is 13.8 Å². The molecule has 1 atom stereocenters. The minimum absolute atomic E-state index is 0.0600. The lowest BCUT2D eigenvalue weighted by Gasteiger charge is -2.27. The van der Waals surface area contributed by atoms with Crippen LogP contribution in [0.15, 0.2) is 0 Å². The molecule has 0 aromatic carbocycles. The molecule has 1 fully saturated rings. The maximum absolute atomic E-state index is 11.7. The van der Waals surface area contributed by atoms with E-state index >= 15 is 0 Å². The molecular formula is C12H25N3O. The van der Waals surface area contributed by atoms with Crippen LogP contribution in [0.2, 0.25) is 0 Å². The monoisotopic (exact) mass is 227 g/mol. The molecule has 4 heteroatoms. The lowest BCUT2D eigenvalue weighted by Crippen LogP contribution is -2.45. The minimum Gasteiger partial charge on any atom is -0.338 e. The Hall–Kier alpha value is -0.770. The summed E-state index contributed by atoms with van der Waals surface area (Å²) in [6.45, 7) is 8.15. The van der Waals surface area contributed by atoms with E-state index < -0.39 is 0 Å². The van der Waals surface area contributed by atoms with Crippen molar-refractivity contribution in [2.75, 3.05) is 33.2 Å². The quantitative estimate of drug-likeness (QED) is 0.773. The predicted molar refractivity (Wildman–Crippen MR) is 66.6 cm³/mol. The normalized spacial score (nSPS) is 21.1. The molecule has 1 heterocycles. The largest absolute Gasteiger partial charge is 0.338 e. The third-order valence-electron chi connectivity index (χ3n) is 3.26. The third-order valence-corrected chi connectivity index (χ3v) is 3.26. The van der Waals surface area contributed by atoms with Crippen LogP contribution in [0, 0.1) is 0 Å². The van der Waals surface area contributed by atoms with E-state index in [4.69, 9.17) is 0 Å². The second-order valence-corrected chi connectivity index (χ2v) is 4.54.